The summed E-state index contributed by atoms with van der Waals surface area (Å²) in [6, 6.07) is 0. The third-order valence-corrected chi connectivity index (χ3v) is 1.26. The highest BCUT2D eigenvalue weighted by molar-refractivity contribution is 5.71. The monoisotopic (exact) mass is 198 g/mol. The largest absolute Gasteiger partial charge is 0.479 e. The van der Waals surface area contributed by atoms with E-state index in [9.17, 15) is 4.79 Å². The van der Waals surface area contributed by atoms with Crippen LogP contribution in [0.5, 0.6) is 0 Å². The van der Waals surface area contributed by atoms with Crippen LogP contribution in [0.2, 0.25) is 0 Å². The van der Waals surface area contributed by atoms with Crippen molar-refractivity contribution in [2.75, 3.05) is 0 Å². The summed E-state index contributed by atoms with van der Waals surface area (Å²) in [4.78, 5) is 13.3. The zero-order chi connectivity index (χ0) is 11.0. The van der Waals surface area contributed by atoms with E-state index in [1.165, 1.54) is 6.92 Å². The number of rotatable bonds is 3. The van der Waals surface area contributed by atoms with Crippen LogP contribution in [0.15, 0.2) is 31.4 Å². The normalized spacial score (nSPS) is 11.0. The maximum absolute atomic E-state index is 9.45. The molecular formula is C9H14N2O3. The summed E-state index contributed by atoms with van der Waals surface area (Å²) in [5.74, 6) is -1.19. The van der Waals surface area contributed by atoms with Gasteiger partial charge in [-0.1, -0.05) is 6.08 Å². The average Bonchev–Trinajstić information content (AvgIpc) is 2.58. The fourth-order valence-electron chi connectivity index (χ4n) is 0.544. The molecule has 0 spiro atoms. The number of aliphatic carboxylic acids is 1. The number of aliphatic hydroxyl groups excluding tert-OH is 1. The summed E-state index contributed by atoms with van der Waals surface area (Å²) in [6.07, 6.45) is 6.03. The van der Waals surface area contributed by atoms with Crippen LogP contribution < -0.4 is 0 Å². The first-order chi connectivity index (χ1) is 6.57. The van der Waals surface area contributed by atoms with Crippen molar-refractivity contribution in [3.8, 4) is 0 Å². The molecule has 0 fully saturated rings. The molecule has 78 valence electrons. The second-order valence-corrected chi connectivity index (χ2v) is 2.56. The second-order valence-electron chi connectivity index (χ2n) is 2.56. The molecule has 1 aromatic heterocycles. The lowest BCUT2D eigenvalue weighted by atomic mass is 10.4. The van der Waals surface area contributed by atoms with E-state index in [1.54, 1.807) is 12.5 Å². The highest BCUT2D eigenvalue weighted by Crippen LogP contribution is 1.83. The van der Waals surface area contributed by atoms with Gasteiger partial charge in [0.25, 0.3) is 0 Å². The molecule has 5 nitrogen and oxygen atoms in total. The molecule has 1 atom stereocenters. The molecule has 1 unspecified atom stereocenters. The number of aromatic nitrogens is 2. The zero-order valence-corrected chi connectivity index (χ0v) is 8.00. The summed E-state index contributed by atoms with van der Waals surface area (Å²) in [5, 5.41) is 15.8. The Morgan fingerprint density at radius 2 is 2.36 bits per heavy atom. The Kier molecular flexibility index (Phi) is 6.06. The van der Waals surface area contributed by atoms with Gasteiger partial charge in [0.05, 0.1) is 6.33 Å². The molecule has 5 heteroatoms. The van der Waals surface area contributed by atoms with Crippen molar-refractivity contribution in [2.45, 2.75) is 19.6 Å². The maximum Gasteiger partial charge on any atom is 0.332 e. The maximum atomic E-state index is 9.45. The first kappa shape index (κ1) is 12.4. The lowest BCUT2D eigenvalue weighted by Gasteiger charge is -1.89. The standard InChI is InChI=1S/C6H8N2.C3H6O3/c1-2-4-8-5-3-7-6-8;1-2(4)3(5)6/h2-3,5-6H,1,4H2;2,4H,1H3,(H,5,6). The minimum absolute atomic E-state index is 0.847. The summed E-state index contributed by atoms with van der Waals surface area (Å²) in [7, 11) is 0. The molecule has 0 saturated heterocycles. The molecule has 1 rings (SSSR count). The van der Waals surface area contributed by atoms with Crippen LogP contribution in [0.25, 0.3) is 0 Å². The van der Waals surface area contributed by atoms with Crippen molar-refractivity contribution in [2.24, 2.45) is 0 Å². The van der Waals surface area contributed by atoms with Gasteiger partial charge >= 0.3 is 5.97 Å². The number of imidazole rings is 1. The van der Waals surface area contributed by atoms with Crippen LogP contribution >= 0.6 is 0 Å². The molecule has 0 aromatic carbocycles. The summed E-state index contributed by atoms with van der Waals surface area (Å²) in [6.45, 7) is 5.63. The van der Waals surface area contributed by atoms with Gasteiger partial charge in [-0.2, -0.15) is 0 Å². The lowest BCUT2D eigenvalue weighted by molar-refractivity contribution is -0.145. The third-order valence-electron chi connectivity index (χ3n) is 1.26. The van der Waals surface area contributed by atoms with Crippen molar-refractivity contribution in [1.82, 2.24) is 9.55 Å². The number of carboxylic acid groups (broad SMARTS) is 1. The van der Waals surface area contributed by atoms with Gasteiger partial charge in [0.1, 0.15) is 6.10 Å². The minimum Gasteiger partial charge on any atom is -0.479 e. The van der Waals surface area contributed by atoms with Crippen LogP contribution in [0, 0.1) is 0 Å². The van der Waals surface area contributed by atoms with Crippen molar-refractivity contribution >= 4 is 5.97 Å². The fraction of sp³-hybridized carbons (Fsp3) is 0.333. The number of carbonyl (C=O) groups is 1. The average molecular weight is 198 g/mol. The number of allylic oxidation sites excluding steroid dienone is 1. The molecule has 0 amide bonds. The Balaban J connectivity index is 0.000000255. The Labute approximate surface area is 82.3 Å². The Bertz CT molecular complexity index is 268. The number of aliphatic hydroxyl groups is 1. The van der Waals surface area contributed by atoms with E-state index < -0.39 is 12.1 Å². The lowest BCUT2D eigenvalue weighted by Crippen LogP contribution is -2.13. The van der Waals surface area contributed by atoms with Crippen LogP contribution in [0.3, 0.4) is 0 Å². The quantitative estimate of drug-likeness (QED) is 0.694. The smallest absolute Gasteiger partial charge is 0.332 e. The molecule has 0 bridgehead atoms. The van der Waals surface area contributed by atoms with Crippen molar-refractivity contribution in [3.05, 3.63) is 31.4 Å². The minimum atomic E-state index is -1.23. The van der Waals surface area contributed by atoms with Gasteiger partial charge in [-0.25, -0.2) is 9.78 Å². The van der Waals surface area contributed by atoms with E-state index in [-0.39, 0.29) is 0 Å². The predicted molar refractivity (Wildman–Crippen MR) is 51.7 cm³/mol. The fourth-order valence-corrected chi connectivity index (χ4v) is 0.544. The van der Waals surface area contributed by atoms with Gasteiger partial charge in [-0.15, -0.1) is 6.58 Å². The van der Waals surface area contributed by atoms with E-state index >= 15 is 0 Å². The zero-order valence-electron chi connectivity index (χ0n) is 8.00. The summed E-state index contributed by atoms with van der Waals surface area (Å²) in [5.41, 5.74) is 0. The molecule has 1 heterocycles. The van der Waals surface area contributed by atoms with Gasteiger partial charge in [0, 0.05) is 18.9 Å². The van der Waals surface area contributed by atoms with Crippen LogP contribution in [0.1, 0.15) is 6.92 Å². The topological polar surface area (TPSA) is 75.3 Å². The SMILES string of the molecule is C=CCn1ccnc1.CC(O)C(=O)O. The predicted octanol–water partition coefficient (Wildman–Crippen LogP) is 0.521. The number of carboxylic acids is 1. The second kappa shape index (κ2) is 6.85. The highest BCUT2D eigenvalue weighted by Gasteiger charge is 2.01. The Morgan fingerprint density at radius 3 is 2.64 bits per heavy atom. The molecular weight excluding hydrogens is 184 g/mol. The molecule has 0 aliphatic carbocycles. The molecule has 0 radical (unpaired) electrons. The molecule has 0 aliphatic heterocycles. The van der Waals surface area contributed by atoms with Crippen LogP contribution in [0.4, 0.5) is 0 Å². The molecule has 0 saturated carbocycles. The van der Waals surface area contributed by atoms with Crippen molar-refractivity contribution < 1.29 is 15.0 Å². The first-order valence-electron chi connectivity index (χ1n) is 4.05. The molecule has 14 heavy (non-hydrogen) atoms. The van der Waals surface area contributed by atoms with E-state index in [0.29, 0.717) is 0 Å². The van der Waals surface area contributed by atoms with E-state index in [4.69, 9.17) is 10.2 Å². The van der Waals surface area contributed by atoms with Crippen LogP contribution in [-0.4, -0.2) is 31.8 Å². The third kappa shape index (κ3) is 5.96. The summed E-state index contributed by atoms with van der Waals surface area (Å²) >= 11 is 0. The Morgan fingerprint density at radius 1 is 1.79 bits per heavy atom. The molecule has 2 N–H and O–H groups in total. The van der Waals surface area contributed by atoms with Gasteiger partial charge in [0.2, 0.25) is 0 Å². The van der Waals surface area contributed by atoms with Crippen LogP contribution in [-0.2, 0) is 11.3 Å². The van der Waals surface area contributed by atoms with E-state index in [2.05, 4.69) is 11.6 Å². The highest BCUT2D eigenvalue weighted by atomic mass is 16.4. The van der Waals surface area contributed by atoms with Gasteiger partial charge in [0.15, 0.2) is 0 Å². The van der Waals surface area contributed by atoms with Crippen molar-refractivity contribution in [1.29, 1.82) is 0 Å². The van der Waals surface area contributed by atoms with E-state index in [1.807, 2.05) is 16.8 Å². The number of nitrogens with zero attached hydrogens (tertiary/aromatic N) is 2. The number of hydrogen-bond donors (Lipinski definition) is 2. The van der Waals surface area contributed by atoms with E-state index in [0.717, 1.165) is 6.54 Å². The summed E-state index contributed by atoms with van der Waals surface area (Å²) < 4.78 is 1.95. The first-order valence-corrected chi connectivity index (χ1v) is 4.05. The van der Waals surface area contributed by atoms with Gasteiger partial charge in [-0.3, -0.25) is 0 Å². The molecule has 1 aromatic rings. The number of hydrogen-bond acceptors (Lipinski definition) is 3. The van der Waals surface area contributed by atoms with Crippen molar-refractivity contribution in [3.63, 3.8) is 0 Å². The van der Waals surface area contributed by atoms with Gasteiger partial charge < -0.3 is 14.8 Å². The molecule has 0 aliphatic rings. The van der Waals surface area contributed by atoms with Gasteiger partial charge in [-0.05, 0) is 6.92 Å². The Hall–Kier alpha value is -1.62.